The Morgan fingerprint density at radius 2 is 1.42 bits per heavy atom. The standard InChI is InChI=1S/C17H11F5N2/c18-11-3-1-10(2-4-11)15-14(17(20,21)22)9-24(16(15)19)13-7-5-12(23)6-8-13/h1-9H,23H2. The summed E-state index contributed by atoms with van der Waals surface area (Å²) in [5.74, 6) is -1.70. The van der Waals surface area contributed by atoms with Crippen molar-refractivity contribution in [3.63, 3.8) is 0 Å². The maximum absolute atomic E-state index is 14.7. The lowest BCUT2D eigenvalue weighted by molar-refractivity contribution is -0.137. The molecule has 0 aliphatic rings. The van der Waals surface area contributed by atoms with Gasteiger partial charge in [0, 0.05) is 23.1 Å². The smallest absolute Gasteiger partial charge is 0.399 e. The molecule has 0 amide bonds. The number of aromatic nitrogens is 1. The van der Waals surface area contributed by atoms with Crippen LogP contribution in [0, 0.1) is 11.8 Å². The summed E-state index contributed by atoms with van der Waals surface area (Å²) in [6.07, 6.45) is -4.08. The van der Waals surface area contributed by atoms with Crippen LogP contribution in [-0.4, -0.2) is 4.57 Å². The molecule has 1 aromatic heterocycles. The van der Waals surface area contributed by atoms with Crippen LogP contribution < -0.4 is 5.73 Å². The fraction of sp³-hybridized carbons (Fsp3) is 0.0588. The Bertz CT molecular complexity index is 862. The summed E-state index contributed by atoms with van der Waals surface area (Å²) in [5.41, 5.74) is 4.31. The highest BCUT2D eigenvalue weighted by atomic mass is 19.4. The molecule has 7 heteroatoms. The Kier molecular flexibility index (Phi) is 3.79. The second-order valence-electron chi connectivity index (χ2n) is 5.17. The predicted octanol–water partition coefficient (Wildman–Crippen LogP) is 5.02. The van der Waals surface area contributed by atoms with Crippen molar-refractivity contribution in [3.8, 4) is 16.8 Å². The van der Waals surface area contributed by atoms with Gasteiger partial charge in [0.1, 0.15) is 5.82 Å². The summed E-state index contributed by atoms with van der Waals surface area (Å²) in [7, 11) is 0. The molecule has 0 radical (unpaired) electrons. The van der Waals surface area contributed by atoms with Crippen molar-refractivity contribution in [3.05, 3.63) is 72.1 Å². The second-order valence-corrected chi connectivity index (χ2v) is 5.17. The number of benzene rings is 2. The molecule has 124 valence electrons. The lowest BCUT2D eigenvalue weighted by Gasteiger charge is -2.07. The van der Waals surface area contributed by atoms with E-state index in [-0.39, 0.29) is 11.3 Å². The summed E-state index contributed by atoms with van der Waals surface area (Å²) in [5, 5.41) is 0. The SMILES string of the molecule is Nc1ccc(-n2cc(C(F)(F)F)c(-c3ccc(F)cc3)c2F)cc1. The van der Waals surface area contributed by atoms with Gasteiger partial charge in [-0.2, -0.15) is 17.6 Å². The Hall–Kier alpha value is -2.83. The Labute approximate surface area is 133 Å². The molecule has 0 aliphatic heterocycles. The predicted molar refractivity (Wildman–Crippen MR) is 80.5 cm³/mol. The molecular formula is C17H11F5N2. The van der Waals surface area contributed by atoms with E-state index in [1.54, 1.807) is 0 Å². The van der Waals surface area contributed by atoms with Crippen molar-refractivity contribution in [2.45, 2.75) is 6.18 Å². The van der Waals surface area contributed by atoms with Gasteiger partial charge in [0.15, 0.2) is 0 Å². The van der Waals surface area contributed by atoms with Crippen LogP contribution in [-0.2, 0) is 6.18 Å². The minimum absolute atomic E-state index is 0.0598. The molecule has 0 unspecified atom stereocenters. The first-order chi connectivity index (χ1) is 11.3. The maximum atomic E-state index is 14.7. The van der Waals surface area contributed by atoms with Crippen LogP contribution in [0.15, 0.2) is 54.7 Å². The van der Waals surface area contributed by atoms with Crippen molar-refractivity contribution >= 4 is 5.69 Å². The highest BCUT2D eigenvalue weighted by Crippen LogP contribution is 2.40. The number of halogens is 5. The molecule has 0 fully saturated rings. The first-order valence-electron chi connectivity index (χ1n) is 6.87. The molecule has 0 saturated heterocycles. The number of rotatable bonds is 2. The van der Waals surface area contributed by atoms with E-state index < -0.39 is 29.1 Å². The number of anilines is 1. The zero-order valence-corrected chi connectivity index (χ0v) is 12.1. The lowest BCUT2D eigenvalue weighted by Crippen LogP contribution is -2.05. The van der Waals surface area contributed by atoms with Gasteiger partial charge in [0.25, 0.3) is 0 Å². The molecule has 2 aromatic carbocycles. The fourth-order valence-corrected chi connectivity index (χ4v) is 2.41. The highest BCUT2D eigenvalue weighted by Gasteiger charge is 2.38. The Morgan fingerprint density at radius 3 is 1.96 bits per heavy atom. The molecule has 0 atom stereocenters. The van der Waals surface area contributed by atoms with E-state index in [0.29, 0.717) is 11.9 Å². The minimum Gasteiger partial charge on any atom is -0.399 e. The average molecular weight is 338 g/mol. The van der Waals surface area contributed by atoms with Gasteiger partial charge in [-0.15, -0.1) is 0 Å². The van der Waals surface area contributed by atoms with E-state index in [1.165, 1.54) is 24.3 Å². The van der Waals surface area contributed by atoms with Crippen molar-refractivity contribution in [1.82, 2.24) is 4.57 Å². The van der Waals surface area contributed by atoms with Crippen molar-refractivity contribution in [1.29, 1.82) is 0 Å². The summed E-state index contributed by atoms with van der Waals surface area (Å²) in [6, 6.07) is 9.91. The largest absolute Gasteiger partial charge is 0.418 e. The third kappa shape index (κ3) is 2.84. The third-order valence-electron chi connectivity index (χ3n) is 3.55. The van der Waals surface area contributed by atoms with E-state index in [1.807, 2.05) is 0 Å². The first-order valence-corrected chi connectivity index (χ1v) is 6.87. The third-order valence-corrected chi connectivity index (χ3v) is 3.55. The fourth-order valence-electron chi connectivity index (χ4n) is 2.41. The molecule has 0 aliphatic carbocycles. The van der Waals surface area contributed by atoms with Crippen LogP contribution in [0.5, 0.6) is 0 Å². The molecule has 24 heavy (non-hydrogen) atoms. The quantitative estimate of drug-likeness (QED) is 0.516. The van der Waals surface area contributed by atoms with E-state index in [2.05, 4.69) is 0 Å². The number of nitrogens with zero attached hydrogens (tertiary/aromatic N) is 1. The Balaban J connectivity index is 2.23. The van der Waals surface area contributed by atoms with Gasteiger partial charge in [-0.25, -0.2) is 4.39 Å². The van der Waals surface area contributed by atoms with Gasteiger partial charge < -0.3 is 5.73 Å². The molecular weight excluding hydrogens is 327 g/mol. The number of nitrogen functional groups attached to an aromatic ring is 1. The van der Waals surface area contributed by atoms with Crippen LogP contribution in [0.4, 0.5) is 27.6 Å². The van der Waals surface area contributed by atoms with Crippen LogP contribution in [0.3, 0.4) is 0 Å². The summed E-state index contributed by atoms with van der Waals surface area (Å²) in [4.78, 5) is 0. The average Bonchev–Trinajstić information content (AvgIpc) is 2.87. The minimum atomic E-state index is -4.76. The van der Waals surface area contributed by atoms with E-state index >= 15 is 0 Å². The number of alkyl halides is 3. The second kappa shape index (κ2) is 5.67. The normalized spacial score (nSPS) is 11.7. The van der Waals surface area contributed by atoms with Gasteiger partial charge in [0.2, 0.25) is 5.95 Å². The topological polar surface area (TPSA) is 30.9 Å². The van der Waals surface area contributed by atoms with Crippen molar-refractivity contribution in [2.24, 2.45) is 0 Å². The van der Waals surface area contributed by atoms with Gasteiger partial charge in [-0.3, -0.25) is 4.57 Å². The highest BCUT2D eigenvalue weighted by molar-refractivity contribution is 5.69. The summed E-state index contributed by atoms with van der Waals surface area (Å²) < 4.78 is 68.5. The number of hydrogen-bond acceptors (Lipinski definition) is 1. The molecule has 3 aromatic rings. The van der Waals surface area contributed by atoms with Crippen LogP contribution >= 0.6 is 0 Å². The van der Waals surface area contributed by atoms with Crippen LogP contribution in [0.25, 0.3) is 16.8 Å². The van der Waals surface area contributed by atoms with Gasteiger partial charge in [-0.05, 0) is 42.0 Å². The van der Waals surface area contributed by atoms with E-state index in [9.17, 15) is 22.0 Å². The molecule has 0 saturated carbocycles. The summed E-state index contributed by atoms with van der Waals surface area (Å²) >= 11 is 0. The van der Waals surface area contributed by atoms with Gasteiger partial charge in [0.05, 0.1) is 5.56 Å². The van der Waals surface area contributed by atoms with E-state index in [0.717, 1.165) is 28.8 Å². The molecule has 2 N–H and O–H groups in total. The van der Waals surface area contributed by atoms with Gasteiger partial charge in [-0.1, -0.05) is 12.1 Å². The zero-order chi connectivity index (χ0) is 17.5. The molecule has 1 heterocycles. The van der Waals surface area contributed by atoms with Crippen molar-refractivity contribution < 1.29 is 22.0 Å². The van der Waals surface area contributed by atoms with Crippen LogP contribution in [0.1, 0.15) is 5.56 Å². The molecule has 0 bridgehead atoms. The monoisotopic (exact) mass is 338 g/mol. The first kappa shape index (κ1) is 16.0. The van der Waals surface area contributed by atoms with Gasteiger partial charge >= 0.3 is 6.18 Å². The lowest BCUT2D eigenvalue weighted by atomic mass is 10.0. The number of nitrogens with two attached hydrogens (primary N) is 1. The van der Waals surface area contributed by atoms with Crippen molar-refractivity contribution in [2.75, 3.05) is 5.73 Å². The molecule has 0 spiro atoms. The molecule has 2 nitrogen and oxygen atoms in total. The van der Waals surface area contributed by atoms with Crippen LogP contribution in [0.2, 0.25) is 0 Å². The molecule has 3 rings (SSSR count). The summed E-state index contributed by atoms with van der Waals surface area (Å²) in [6.45, 7) is 0. The number of hydrogen-bond donors (Lipinski definition) is 1. The Morgan fingerprint density at radius 1 is 0.833 bits per heavy atom. The maximum Gasteiger partial charge on any atom is 0.418 e. The zero-order valence-electron chi connectivity index (χ0n) is 12.1. The van der Waals surface area contributed by atoms with E-state index in [4.69, 9.17) is 5.73 Å².